The molecule has 2 aliphatic rings. The van der Waals surface area contributed by atoms with Gasteiger partial charge in [-0.25, -0.2) is 0 Å². The minimum absolute atomic E-state index is 0.165. The zero-order chi connectivity index (χ0) is 18.8. The monoisotopic (exact) mass is 369 g/mol. The summed E-state index contributed by atoms with van der Waals surface area (Å²) < 4.78 is 7.42. The predicted octanol–water partition coefficient (Wildman–Crippen LogP) is 1.68. The Labute approximate surface area is 159 Å². The maximum Gasteiger partial charge on any atom is 0.227 e. The molecule has 0 saturated carbocycles. The summed E-state index contributed by atoms with van der Waals surface area (Å²) in [5, 5.41) is 8.91. The third kappa shape index (κ3) is 3.69. The van der Waals surface area contributed by atoms with Gasteiger partial charge in [0, 0.05) is 26.1 Å². The van der Waals surface area contributed by atoms with Crippen LogP contribution in [-0.2, 0) is 24.2 Å². The highest BCUT2D eigenvalue weighted by Gasteiger charge is 2.30. The van der Waals surface area contributed by atoms with Gasteiger partial charge in [-0.1, -0.05) is 12.1 Å². The smallest absolute Gasteiger partial charge is 0.227 e. The van der Waals surface area contributed by atoms with Crippen LogP contribution in [0.4, 0.5) is 0 Å². The molecule has 4 rings (SSSR count). The van der Waals surface area contributed by atoms with E-state index in [-0.39, 0.29) is 5.91 Å². The summed E-state index contributed by atoms with van der Waals surface area (Å²) in [4.78, 5) is 17.1. The molecule has 0 spiro atoms. The fourth-order valence-corrected chi connectivity index (χ4v) is 4.11. The molecule has 1 amide bonds. The predicted molar refractivity (Wildman–Crippen MR) is 102 cm³/mol. The number of hydrogen-bond donors (Lipinski definition) is 0. The fraction of sp³-hybridized carbons (Fsp3) is 0.550. The number of ether oxygens (including phenoxy) is 1. The average Bonchev–Trinajstić information content (AvgIpc) is 3.21. The van der Waals surface area contributed by atoms with Gasteiger partial charge in [0.1, 0.15) is 17.4 Å². The van der Waals surface area contributed by atoms with Crippen LogP contribution in [0, 0.1) is 0 Å². The molecule has 0 N–H and O–H groups in total. The van der Waals surface area contributed by atoms with Crippen molar-refractivity contribution in [1.82, 2.24) is 24.6 Å². The van der Waals surface area contributed by atoms with Gasteiger partial charge < -0.3 is 14.2 Å². The van der Waals surface area contributed by atoms with Crippen molar-refractivity contribution >= 4 is 5.91 Å². The molecule has 3 heterocycles. The zero-order valence-corrected chi connectivity index (χ0v) is 16.1. The minimum atomic E-state index is 0.165. The molecule has 1 saturated heterocycles. The van der Waals surface area contributed by atoms with Crippen LogP contribution in [0.15, 0.2) is 24.3 Å². The molecule has 0 unspecified atom stereocenters. The first-order valence-corrected chi connectivity index (χ1v) is 9.68. The van der Waals surface area contributed by atoms with Gasteiger partial charge in [0.15, 0.2) is 0 Å². The number of methoxy groups -OCH3 is 1. The summed E-state index contributed by atoms with van der Waals surface area (Å²) in [6, 6.07) is 8.07. The SMILES string of the molecule is COc1ccc(CC(=O)N2CCc3nnc([C@@H]4CCCN4C)n3CC2)cc1. The van der Waals surface area contributed by atoms with Crippen molar-refractivity contribution < 1.29 is 9.53 Å². The lowest BCUT2D eigenvalue weighted by Gasteiger charge is -2.22. The van der Waals surface area contributed by atoms with Gasteiger partial charge in [0.25, 0.3) is 0 Å². The van der Waals surface area contributed by atoms with Crippen molar-refractivity contribution in [3.8, 4) is 5.75 Å². The Balaban J connectivity index is 1.42. The van der Waals surface area contributed by atoms with Gasteiger partial charge >= 0.3 is 0 Å². The van der Waals surface area contributed by atoms with Crippen LogP contribution in [0.1, 0.15) is 36.1 Å². The molecule has 1 atom stereocenters. The standard InChI is InChI=1S/C20H27N5O2/c1-23-10-3-4-17(23)20-22-21-18-9-11-24(12-13-25(18)20)19(26)14-15-5-7-16(27-2)8-6-15/h5-8,17H,3-4,9-14H2,1-2H3/t17-/m0/s1. The van der Waals surface area contributed by atoms with Crippen molar-refractivity contribution in [2.45, 2.75) is 38.3 Å². The average molecular weight is 369 g/mol. The van der Waals surface area contributed by atoms with Crippen LogP contribution >= 0.6 is 0 Å². The lowest BCUT2D eigenvalue weighted by molar-refractivity contribution is -0.130. The minimum Gasteiger partial charge on any atom is -0.497 e. The summed E-state index contributed by atoms with van der Waals surface area (Å²) in [7, 11) is 3.80. The lowest BCUT2D eigenvalue weighted by atomic mass is 10.1. The maximum atomic E-state index is 12.8. The Bertz CT molecular complexity index is 801. The Morgan fingerprint density at radius 1 is 1.15 bits per heavy atom. The van der Waals surface area contributed by atoms with Crippen molar-refractivity contribution in [3.05, 3.63) is 41.5 Å². The number of carbonyl (C=O) groups is 1. The van der Waals surface area contributed by atoms with E-state index < -0.39 is 0 Å². The Morgan fingerprint density at radius 2 is 1.96 bits per heavy atom. The molecule has 2 aromatic rings. The molecular weight excluding hydrogens is 342 g/mol. The molecule has 27 heavy (non-hydrogen) atoms. The van der Waals surface area contributed by atoms with E-state index in [4.69, 9.17) is 4.74 Å². The van der Waals surface area contributed by atoms with E-state index in [1.807, 2.05) is 29.2 Å². The fourth-order valence-electron chi connectivity index (χ4n) is 4.11. The number of likely N-dealkylation sites (tertiary alicyclic amines) is 1. The molecule has 7 nitrogen and oxygen atoms in total. The number of aromatic nitrogens is 3. The normalized spacial score (nSPS) is 20.4. The van der Waals surface area contributed by atoms with E-state index in [0.29, 0.717) is 25.6 Å². The second-order valence-electron chi connectivity index (χ2n) is 7.42. The number of carbonyl (C=O) groups excluding carboxylic acids is 1. The highest BCUT2D eigenvalue weighted by atomic mass is 16.5. The first-order chi connectivity index (χ1) is 13.2. The van der Waals surface area contributed by atoms with Gasteiger partial charge in [-0.3, -0.25) is 9.69 Å². The lowest BCUT2D eigenvalue weighted by Crippen LogP contribution is -2.35. The van der Waals surface area contributed by atoms with Crippen LogP contribution < -0.4 is 4.74 Å². The number of rotatable bonds is 4. The summed E-state index contributed by atoms with van der Waals surface area (Å²) in [6.07, 6.45) is 3.52. The van der Waals surface area contributed by atoms with E-state index in [9.17, 15) is 4.79 Å². The largest absolute Gasteiger partial charge is 0.497 e. The Hall–Kier alpha value is -2.41. The summed E-state index contributed by atoms with van der Waals surface area (Å²) >= 11 is 0. The molecule has 0 aliphatic carbocycles. The van der Waals surface area contributed by atoms with Gasteiger partial charge in [-0.2, -0.15) is 0 Å². The molecule has 0 bridgehead atoms. The number of benzene rings is 1. The molecule has 2 aliphatic heterocycles. The van der Waals surface area contributed by atoms with Crippen LogP contribution in [0.25, 0.3) is 0 Å². The van der Waals surface area contributed by atoms with Crippen molar-refractivity contribution in [1.29, 1.82) is 0 Å². The van der Waals surface area contributed by atoms with Crippen LogP contribution in [0.2, 0.25) is 0 Å². The second kappa shape index (κ2) is 7.68. The molecule has 0 radical (unpaired) electrons. The molecule has 1 aromatic heterocycles. The van der Waals surface area contributed by atoms with Gasteiger partial charge in [-0.15, -0.1) is 10.2 Å². The Morgan fingerprint density at radius 3 is 2.67 bits per heavy atom. The topological polar surface area (TPSA) is 63.5 Å². The van der Waals surface area contributed by atoms with E-state index in [0.717, 1.165) is 48.9 Å². The molecule has 7 heteroatoms. The van der Waals surface area contributed by atoms with Crippen LogP contribution in [0.3, 0.4) is 0 Å². The van der Waals surface area contributed by atoms with Crippen molar-refractivity contribution in [2.24, 2.45) is 0 Å². The maximum absolute atomic E-state index is 12.8. The zero-order valence-electron chi connectivity index (χ0n) is 16.1. The first kappa shape index (κ1) is 18.0. The highest BCUT2D eigenvalue weighted by molar-refractivity contribution is 5.78. The first-order valence-electron chi connectivity index (χ1n) is 9.68. The van der Waals surface area contributed by atoms with E-state index >= 15 is 0 Å². The van der Waals surface area contributed by atoms with Crippen molar-refractivity contribution in [2.75, 3.05) is 33.8 Å². The number of nitrogens with zero attached hydrogens (tertiary/aromatic N) is 5. The van der Waals surface area contributed by atoms with E-state index in [2.05, 4.69) is 26.7 Å². The van der Waals surface area contributed by atoms with Crippen LogP contribution in [-0.4, -0.2) is 64.3 Å². The van der Waals surface area contributed by atoms with Crippen molar-refractivity contribution in [3.63, 3.8) is 0 Å². The van der Waals surface area contributed by atoms with Gasteiger partial charge in [0.05, 0.1) is 19.6 Å². The molecular formula is C20H27N5O2. The second-order valence-corrected chi connectivity index (χ2v) is 7.42. The molecule has 144 valence electrons. The van der Waals surface area contributed by atoms with E-state index in [1.165, 1.54) is 6.42 Å². The number of hydrogen-bond acceptors (Lipinski definition) is 5. The van der Waals surface area contributed by atoms with Crippen LogP contribution in [0.5, 0.6) is 5.75 Å². The Kier molecular flexibility index (Phi) is 5.11. The summed E-state index contributed by atoms with van der Waals surface area (Å²) in [5.74, 6) is 3.04. The van der Waals surface area contributed by atoms with Gasteiger partial charge in [-0.05, 0) is 44.1 Å². The highest BCUT2D eigenvalue weighted by Crippen LogP contribution is 2.30. The van der Waals surface area contributed by atoms with Gasteiger partial charge in [0.2, 0.25) is 5.91 Å². The summed E-state index contributed by atoms with van der Waals surface area (Å²) in [6.45, 7) is 3.30. The number of fused-ring (bicyclic) bond motifs is 1. The quantitative estimate of drug-likeness (QED) is 0.821. The third-order valence-electron chi connectivity index (χ3n) is 5.74. The van der Waals surface area contributed by atoms with E-state index in [1.54, 1.807) is 7.11 Å². The summed E-state index contributed by atoms with van der Waals surface area (Å²) in [5.41, 5.74) is 1.01. The molecule has 1 fully saturated rings. The molecule has 1 aromatic carbocycles. The number of amides is 1. The third-order valence-corrected chi connectivity index (χ3v) is 5.74.